The molecule has 1 fully saturated rings. The number of thiazole rings is 1. The maximum Gasteiger partial charge on any atom is 0.317 e. The lowest BCUT2D eigenvalue weighted by Gasteiger charge is -2.37. The molecule has 0 spiro atoms. The molecule has 14 heteroatoms. The Kier molecular flexibility index (Phi) is 10.3. The highest BCUT2D eigenvalue weighted by atomic mass is 35.5. The third-order valence-electron chi connectivity index (χ3n) is 6.94. The van der Waals surface area contributed by atoms with Crippen LogP contribution in [0.2, 0.25) is 5.02 Å². The fourth-order valence-corrected chi connectivity index (χ4v) is 6.00. The second kappa shape index (κ2) is 13.0. The van der Waals surface area contributed by atoms with Gasteiger partial charge >= 0.3 is 11.8 Å². The third-order valence-corrected chi connectivity index (χ3v) is 8.25. The number of likely N-dealkylation sites (N-methyl/N-ethyl adjacent to an activating group) is 2. The number of amides is 4. The summed E-state index contributed by atoms with van der Waals surface area (Å²) in [6.07, 6.45) is 3.46. The number of halogens is 2. The Balaban J connectivity index is 0.00000420. The van der Waals surface area contributed by atoms with E-state index in [-0.39, 0.29) is 36.0 Å². The Labute approximate surface area is 242 Å². The first-order chi connectivity index (χ1) is 18.0. The largest absolute Gasteiger partial charge is 0.349 e. The van der Waals surface area contributed by atoms with Gasteiger partial charge in [0.1, 0.15) is 5.82 Å². The van der Waals surface area contributed by atoms with Crippen molar-refractivity contribution in [1.82, 2.24) is 30.4 Å². The maximum atomic E-state index is 13.2. The predicted molar refractivity (Wildman–Crippen MR) is 151 cm³/mol. The molecule has 212 valence electrons. The molecule has 0 unspecified atom stereocenters. The van der Waals surface area contributed by atoms with Gasteiger partial charge in [-0.3, -0.25) is 24.1 Å². The fraction of sp³-hybridized carbons (Fsp3) is 0.520. The minimum Gasteiger partial charge on any atom is -0.349 e. The van der Waals surface area contributed by atoms with Gasteiger partial charge in [-0.25, -0.2) is 9.97 Å². The van der Waals surface area contributed by atoms with Crippen LogP contribution in [0.25, 0.3) is 0 Å². The number of pyridine rings is 1. The predicted octanol–water partition coefficient (Wildman–Crippen LogP) is 1.74. The molecule has 4 rings (SSSR count). The first kappa shape index (κ1) is 30.7. The molecular formula is C25H33Cl2N7O4S. The lowest BCUT2D eigenvalue weighted by atomic mass is 9.81. The van der Waals surface area contributed by atoms with Crippen LogP contribution in [0.3, 0.4) is 0 Å². The second-order valence-electron chi connectivity index (χ2n) is 9.98. The second-order valence-corrected chi connectivity index (χ2v) is 11.5. The van der Waals surface area contributed by atoms with E-state index in [1.165, 1.54) is 29.5 Å². The van der Waals surface area contributed by atoms with E-state index in [2.05, 4.69) is 25.5 Å². The van der Waals surface area contributed by atoms with Crippen LogP contribution in [-0.2, 0) is 27.3 Å². The standard InChI is InChI=1S/C25H32ClN7O4S.ClH/c1-31(2)24(36)14-5-7-16(28-22(35)25(37)33(4)20-8-6-15(26)12-27-20)18(11-14)29-21(34)23-30-17-9-10-32(3)13-19(17)38-23;/h6,8,12,14,16,18H,5,7,9-11,13H2,1-4H3,(H,28,35)(H,29,34);1H/t14-,16-,18+;/m0./s1. The van der Waals surface area contributed by atoms with Crippen molar-refractivity contribution < 1.29 is 19.2 Å². The molecule has 1 saturated carbocycles. The zero-order chi connectivity index (χ0) is 27.6. The van der Waals surface area contributed by atoms with Gasteiger partial charge in [0.15, 0.2) is 5.01 Å². The Morgan fingerprint density at radius 3 is 2.51 bits per heavy atom. The van der Waals surface area contributed by atoms with Crippen molar-refractivity contribution in [2.75, 3.05) is 39.6 Å². The van der Waals surface area contributed by atoms with Gasteiger partial charge in [0.05, 0.1) is 16.8 Å². The van der Waals surface area contributed by atoms with Gasteiger partial charge in [-0.2, -0.15) is 0 Å². The molecule has 2 aliphatic rings. The Morgan fingerprint density at radius 1 is 1.10 bits per heavy atom. The number of nitrogens with zero attached hydrogens (tertiary/aromatic N) is 5. The van der Waals surface area contributed by atoms with Crippen molar-refractivity contribution in [3.8, 4) is 0 Å². The molecule has 2 aromatic rings. The van der Waals surface area contributed by atoms with Crippen LogP contribution < -0.4 is 15.5 Å². The van der Waals surface area contributed by atoms with Crippen LogP contribution in [-0.4, -0.2) is 90.2 Å². The van der Waals surface area contributed by atoms with Crippen molar-refractivity contribution in [3.05, 3.63) is 38.9 Å². The number of nitrogens with one attached hydrogen (secondary N) is 2. The molecule has 4 amide bonds. The first-order valence-electron chi connectivity index (χ1n) is 12.4. The number of fused-ring (bicyclic) bond motifs is 1. The Morgan fingerprint density at radius 2 is 1.85 bits per heavy atom. The lowest BCUT2D eigenvalue weighted by molar-refractivity contribution is -0.138. The van der Waals surface area contributed by atoms with Crippen LogP contribution in [0.5, 0.6) is 0 Å². The van der Waals surface area contributed by atoms with Crippen molar-refractivity contribution in [1.29, 1.82) is 0 Å². The summed E-state index contributed by atoms with van der Waals surface area (Å²) in [6.45, 7) is 1.64. The van der Waals surface area contributed by atoms with E-state index in [4.69, 9.17) is 11.6 Å². The van der Waals surface area contributed by atoms with E-state index in [1.54, 1.807) is 26.2 Å². The summed E-state index contributed by atoms with van der Waals surface area (Å²) in [5.41, 5.74) is 0.942. The van der Waals surface area contributed by atoms with Gasteiger partial charge in [0.2, 0.25) is 5.91 Å². The molecule has 11 nitrogen and oxygen atoms in total. The minimum absolute atomic E-state index is 0. The molecule has 1 aliphatic carbocycles. The van der Waals surface area contributed by atoms with Gasteiger partial charge in [-0.05, 0) is 38.4 Å². The topological polar surface area (TPSA) is 128 Å². The molecule has 39 heavy (non-hydrogen) atoms. The van der Waals surface area contributed by atoms with E-state index >= 15 is 0 Å². The number of hydrogen-bond donors (Lipinski definition) is 2. The summed E-state index contributed by atoms with van der Waals surface area (Å²) < 4.78 is 0. The minimum atomic E-state index is -0.821. The molecular weight excluding hydrogens is 565 g/mol. The van der Waals surface area contributed by atoms with Crippen molar-refractivity contribution >= 4 is 64.8 Å². The summed E-state index contributed by atoms with van der Waals surface area (Å²) in [5, 5.41) is 6.56. The van der Waals surface area contributed by atoms with E-state index in [0.29, 0.717) is 29.3 Å². The van der Waals surface area contributed by atoms with Gasteiger partial charge in [-0.15, -0.1) is 23.7 Å². The highest BCUT2D eigenvalue weighted by molar-refractivity contribution is 7.13. The number of aromatic nitrogens is 2. The van der Waals surface area contributed by atoms with E-state index in [1.807, 2.05) is 7.05 Å². The molecule has 3 atom stereocenters. The average Bonchev–Trinajstić information content (AvgIpc) is 3.32. The smallest absolute Gasteiger partial charge is 0.317 e. The van der Waals surface area contributed by atoms with Crippen LogP contribution in [0, 0.1) is 5.92 Å². The molecule has 3 heterocycles. The normalized spacial score (nSPS) is 20.7. The molecule has 1 aliphatic heterocycles. The molecule has 0 saturated heterocycles. The van der Waals surface area contributed by atoms with Gasteiger partial charge < -0.3 is 20.4 Å². The average molecular weight is 599 g/mol. The number of anilines is 1. The lowest BCUT2D eigenvalue weighted by Crippen LogP contribution is -2.57. The Hall–Kier alpha value is -2.80. The summed E-state index contributed by atoms with van der Waals surface area (Å²) in [6, 6.07) is 2.03. The zero-order valence-electron chi connectivity index (χ0n) is 22.3. The highest BCUT2D eigenvalue weighted by Gasteiger charge is 2.38. The highest BCUT2D eigenvalue weighted by Crippen LogP contribution is 2.28. The van der Waals surface area contributed by atoms with Crippen LogP contribution >= 0.6 is 35.3 Å². The van der Waals surface area contributed by atoms with Gasteiger partial charge in [0, 0.05) is 63.7 Å². The monoisotopic (exact) mass is 597 g/mol. The van der Waals surface area contributed by atoms with E-state index < -0.39 is 23.9 Å². The number of carbonyl (C=O) groups excluding carboxylic acids is 4. The molecule has 0 radical (unpaired) electrons. The van der Waals surface area contributed by atoms with Crippen molar-refractivity contribution in [3.63, 3.8) is 0 Å². The van der Waals surface area contributed by atoms with Crippen LogP contribution in [0.15, 0.2) is 18.3 Å². The zero-order valence-corrected chi connectivity index (χ0v) is 24.7. The van der Waals surface area contributed by atoms with Crippen molar-refractivity contribution in [2.45, 2.75) is 44.3 Å². The first-order valence-corrected chi connectivity index (χ1v) is 13.6. The molecule has 2 N–H and O–H groups in total. The van der Waals surface area contributed by atoms with E-state index in [9.17, 15) is 19.2 Å². The summed E-state index contributed by atoms with van der Waals surface area (Å²) in [4.78, 5) is 66.2. The number of rotatable bonds is 5. The number of carbonyl (C=O) groups is 4. The quantitative estimate of drug-likeness (QED) is 0.502. The van der Waals surface area contributed by atoms with Crippen molar-refractivity contribution in [2.24, 2.45) is 5.92 Å². The molecule has 2 aromatic heterocycles. The van der Waals surface area contributed by atoms with Gasteiger partial charge in [-0.1, -0.05) is 11.6 Å². The van der Waals surface area contributed by atoms with Crippen LogP contribution in [0.1, 0.15) is 39.6 Å². The fourth-order valence-electron chi connectivity index (χ4n) is 4.80. The summed E-state index contributed by atoms with van der Waals surface area (Å²) in [7, 11) is 6.87. The van der Waals surface area contributed by atoms with E-state index in [0.717, 1.165) is 35.0 Å². The Bertz CT molecular complexity index is 1220. The summed E-state index contributed by atoms with van der Waals surface area (Å²) in [5.74, 6) is -2.03. The third kappa shape index (κ3) is 7.24. The van der Waals surface area contributed by atoms with Crippen LogP contribution in [0.4, 0.5) is 5.82 Å². The molecule has 0 bridgehead atoms. The SMILES string of the molecule is CN1CCc2nc(C(=O)N[C@@H]3C[C@@H](C(=O)N(C)C)CC[C@@H]3NC(=O)C(=O)N(C)c3ccc(Cl)cn3)sc2C1.Cl. The van der Waals surface area contributed by atoms with Gasteiger partial charge in [0.25, 0.3) is 5.91 Å². The summed E-state index contributed by atoms with van der Waals surface area (Å²) >= 11 is 7.23. The molecule has 0 aromatic carbocycles. The maximum absolute atomic E-state index is 13.2. The number of hydrogen-bond acceptors (Lipinski definition) is 8.